The topological polar surface area (TPSA) is 97.6 Å². The van der Waals surface area contributed by atoms with E-state index in [1.54, 1.807) is 13.8 Å². The number of amides is 2. The minimum absolute atomic E-state index is 0.0193. The molecule has 9 heteroatoms. The molecule has 2 aromatic rings. The highest BCUT2D eigenvalue weighted by Crippen LogP contribution is 2.16. The minimum Gasteiger partial charge on any atom is -0.459 e. The van der Waals surface area contributed by atoms with Crippen LogP contribution in [-0.4, -0.2) is 29.9 Å². The molecule has 1 aromatic heterocycles. The third-order valence-corrected chi connectivity index (χ3v) is 3.80. The molecule has 150 valence electrons. The number of carbonyl (C=O) groups is 3. The van der Waals surface area contributed by atoms with Crippen molar-refractivity contribution in [2.24, 2.45) is 5.92 Å². The molecule has 0 fully saturated rings. The number of furan rings is 1. The van der Waals surface area contributed by atoms with Crippen molar-refractivity contribution in [2.45, 2.75) is 32.9 Å². The zero-order valence-electron chi connectivity index (χ0n) is 15.5. The van der Waals surface area contributed by atoms with Gasteiger partial charge in [-0.3, -0.25) is 9.59 Å². The van der Waals surface area contributed by atoms with Crippen molar-refractivity contribution in [1.82, 2.24) is 5.32 Å². The van der Waals surface area contributed by atoms with Gasteiger partial charge in [0, 0.05) is 6.07 Å². The Morgan fingerprint density at radius 2 is 1.82 bits per heavy atom. The van der Waals surface area contributed by atoms with E-state index >= 15 is 0 Å². The van der Waals surface area contributed by atoms with Crippen LogP contribution in [0, 0.1) is 17.6 Å². The van der Waals surface area contributed by atoms with Crippen LogP contribution in [0.2, 0.25) is 0 Å². The normalized spacial score (nSPS) is 12.9. The lowest BCUT2D eigenvalue weighted by Crippen LogP contribution is -2.47. The first-order valence-electron chi connectivity index (χ1n) is 8.49. The molecule has 2 amide bonds. The van der Waals surface area contributed by atoms with Gasteiger partial charge < -0.3 is 19.8 Å². The molecule has 1 heterocycles. The molecular formula is C19H20F2N2O5. The molecule has 0 radical (unpaired) electrons. The highest BCUT2D eigenvalue weighted by Gasteiger charge is 2.30. The first kappa shape index (κ1) is 21.1. The third kappa shape index (κ3) is 5.38. The maximum atomic E-state index is 13.6. The molecule has 0 spiro atoms. The van der Waals surface area contributed by atoms with Gasteiger partial charge in [-0.2, -0.15) is 0 Å². The molecule has 0 saturated heterocycles. The van der Waals surface area contributed by atoms with Crippen LogP contribution in [-0.2, 0) is 14.3 Å². The fourth-order valence-corrected chi connectivity index (χ4v) is 2.25. The van der Waals surface area contributed by atoms with Crippen molar-refractivity contribution >= 4 is 23.5 Å². The number of anilines is 1. The first-order chi connectivity index (χ1) is 13.2. The summed E-state index contributed by atoms with van der Waals surface area (Å²) in [4.78, 5) is 36.6. The van der Waals surface area contributed by atoms with Gasteiger partial charge >= 0.3 is 5.97 Å². The van der Waals surface area contributed by atoms with Gasteiger partial charge in [-0.25, -0.2) is 13.6 Å². The van der Waals surface area contributed by atoms with Crippen molar-refractivity contribution in [2.75, 3.05) is 5.32 Å². The van der Waals surface area contributed by atoms with Crippen LogP contribution in [0.4, 0.5) is 14.5 Å². The number of nitrogens with one attached hydrogen (secondary N) is 2. The van der Waals surface area contributed by atoms with Gasteiger partial charge in [0.1, 0.15) is 17.7 Å². The summed E-state index contributed by atoms with van der Waals surface area (Å²) in [6, 6.07) is 4.49. The summed E-state index contributed by atoms with van der Waals surface area (Å²) in [5.41, 5.74) is -0.376. The number of benzene rings is 1. The van der Waals surface area contributed by atoms with E-state index < -0.39 is 41.6 Å². The lowest BCUT2D eigenvalue weighted by atomic mass is 10.0. The maximum absolute atomic E-state index is 13.6. The Labute approximate surface area is 160 Å². The average Bonchev–Trinajstić information content (AvgIpc) is 3.16. The van der Waals surface area contributed by atoms with Gasteiger partial charge in [0.2, 0.25) is 0 Å². The Morgan fingerprint density at radius 1 is 1.11 bits per heavy atom. The lowest BCUT2D eigenvalue weighted by Gasteiger charge is -2.22. The molecule has 7 nitrogen and oxygen atoms in total. The Hall–Kier alpha value is -3.23. The van der Waals surface area contributed by atoms with Crippen LogP contribution in [0.15, 0.2) is 41.0 Å². The number of hydrogen-bond donors (Lipinski definition) is 2. The number of carbonyl (C=O) groups excluding carboxylic acids is 3. The molecule has 0 unspecified atom stereocenters. The standard InChI is InChI=1S/C19H20F2N2O5/c1-10(2)16(23-18(25)15-5-4-8-27-15)19(26)28-11(3)17(24)22-14-9-12(20)6-7-13(14)21/h4-11,16H,1-3H3,(H,22,24)(H,23,25)/t11-,16+/m1/s1. The van der Waals surface area contributed by atoms with E-state index in [1.807, 2.05) is 0 Å². The van der Waals surface area contributed by atoms with Crippen LogP contribution in [0.1, 0.15) is 31.3 Å². The summed E-state index contributed by atoms with van der Waals surface area (Å²) in [5.74, 6) is -4.20. The predicted octanol–water partition coefficient (Wildman–Crippen LogP) is 2.88. The zero-order chi connectivity index (χ0) is 20.8. The van der Waals surface area contributed by atoms with Gasteiger partial charge in [-0.1, -0.05) is 13.8 Å². The van der Waals surface area contributed by atoms with E-state index in [4.69, 9.17) is 9.15 Å². The average molecular weight is 394 g/mol. The maximum Gasteiger partial charge on any atom is 0.329 e. The lowest BCUT2D eigenvalue weighted by molar-refractivity contribution is -0.156. The van der Waals surface area contributed by atoms with Crippen LogP contribution in [0.3, 0.4) is 0 Å². The van der Waals surface area contributed by atoms with Gasteiger partial charge in [0.15, 0.2) is 11.9 Å². The molecule has 2 atom stereocenters. The summed E-state index contributed by atoms with van der Waals surface area (Å²) in [6.07, 6.45) is 0.00666. The summed E-state index contributed by atoms with van der Waals surface area (Å²) in [5, 5.41) is 4.63. The number of esters is 1. The quantitative estimate of drug-likeness (QED) is 0.704. The molecule has 1 aromatic carbocycles. The summed E-state index contributed by atoms with van der Waals surface area (Å²) in [7, 11) is 0. The molecule has 0 aliphatic carbocycles. The molecule has 2 N–H and O–H groups in total. The Morgan fingerprint density at radius 3 is 2.43 bits per heavy atom. The molecule has 0 aliphatic heterocycles. The van der Waals surface area contributed by atoms with Crippen molar-refractivity contribution < 1.29 is 32.3 Å². The molecule has 0 bridgehead atoms. The monoisotopic (exact) mass is 394 g/mol. The minimum atomic E-state index is -1.31. The van der Waals surface area contributed by atoms with Gasteiger partial charge in [-0.15, -0.1) is 0 Å². The van der Waals surface area contributed by atoms with Crippen molar-refractivity contribution in [1.29, 1.82) is 0 Å². The summed E-state index contributed by atoms with van der Waals surface area (Å²) in [6.45, 7) is 4.64. The van der Waals surface area contributed by atoms with Crippen LogP contribution in [0.5, 0.6) is 0 Å². The van der Waals surface area contributed by atoms with Crippen molar-refractivity contribution in [3.63, 3.8) is 0 Å². The van der Waals surface area contributed by atoms with Crippen LogP contribution >= 0.6 is 0 Å². The van der Waals surface area contributed by atoms with E-state index in [2.05, 4.69) is 10.6 Å². The second kappa shape index (κ2) is 9.12. The second-order valence-electron chi connectivity index (χ2n) is 6.36. The highest BCUT2D eigenvalue weighted by atomic mass is 19.1. The molecular weight excluding hydrogens is 374 g/mol. The Kier molecular flexibility index (Phi) is 6.86. The SMILES string of the molecule is CC(C)[C@H](NC(=O)c1ccco1)C(=O)O[C@H](C)C(=O)Nc1cc(F)ccc1F. The second-order valence-corrected chi connectivity index (χ2v) is 6.36. The highest BCUT2D eigenvalue weighted by molar-refractivity contribution is 5.97. The fourth-order valence-electron chi connectivity index (χ4n) is 2.25. The molecule has 0 saturated carbocycles. The third-order valence-electron chi connectivity index (χ3n) is 3.80. The smallest absolute Gasteiger partial charge is 0.329 e. The fraction of sp³-hybridized carbons (Fsp3) is 0.316. The Bertz CT molecular complexity index is 852. The van der Waals surface area contributed by atoms with Gasteiger partial charge in [-0.05, 0) is 37.1 Å². The van der Waals surface area contributed by atoms with E-state index in [1.165, 1.54) is 25.3 Å². The summed E-state index contributed by atoms with van der Waals surface area (Å²) >= 11 is 0. The van der Waals surface area contributed by atoms with Crippen molar-refractivity contribution in [3.05, 3.63) is 54.0 Å². The zero-order valence-corrected chi connectivity index (χ0v) is 15.5. The van der Waals surface area contributed by atoms with Crippen molar-refractivity contribution in [3.8, 4) is 0 Å². The first-order valence-corrected chi connectivity index (χ1v) is 8.49. The van der Waals surface area contributed by atoms with E-state index in [0.29, 0.717) is 0 Å². The van der Waals surface area contributed by atoms with E-state index in [9.17, 15) is 23.2 Å². The van der Waals surface area contributed by atoms with E-state index in [0.717, 1.165) is 18.2 Å². The number of hydrogen-bond acceptors (Lipinski definition) is 5. The predicted molar refractivity (Wildman–Crippen MR) is 95.3 cm³/mol. The number of ether oxygens (including phenoxy) is 1. The molecule has 28 heavy (non-hydrogen) atoms. The largest absolute Gasteiger partial charge is 0.459 e. The van der Waals surface area contributed by atoms with E-state index in [-0.39, 0.29) is 17.4 Å². The van der Waals surface area contributed by atoms with Gasteiger partial charge in [0.05, 0.1) is 12.0 Å². The van der Waals surface area contributed by atoms with Gasteiger partial charge in [0.25, 0.3) is 11.8 Å². The Balaban J connectivity index is 2.00. The number of halogens is 2. The molecule has 0 aliphatic rings. The number of rotatable bonds is 7. The summed E-state index contributed by atoms with van der Waals surface area (Å²) < 4.78 is 36.9. The van der Waals surface area contributed by atoms with Crippen LogP contribution < -0.4 is 10.6 Å². The molecule has 2 rings (SSSR count). The van der Waals surface area contributed by atoms with Crippen LogP contribution in [0.25, 0.3) is 0 Å².